The van der Waals surface area contributed by atoms with Crippen molar-refractivity contribution in [2.75, 3.05) is 12.4 Å². The van der Waals surface area contributed by atoms with Gasteiger partial charge in [-0.15, -0.1) is 11.8 Å². The van der Waals surface area contributed by atoms with Crippen molar-refractivity contribution in [3.63, 3.8) is 0 Å². The number of hydrogen-bond acceptors (Lipinski definition) is 3. The van der Waals surface area contributed by atoms with E-state index in [1.54, 1.807) is 0 Å². The van der Waals surface area contributed by atoms with Crippen molar-refractivity contribution in [2.45, 2.75) is 17.9 Å². The van der Waals surface area contributed by atoms with Gasteiger partial charge in [0.15, 0.2) is 0 Å². The zero-order valence-corrected chi connectivity index (χ0v) is 12.8. The Hall–Kier alpha value is -1.78. The average Bonchev–Trinajstić information content (AvgIpc) is 2.53. The monoisotopic (exact) mass is 301 g/mol. The number of thioether (sulfide) groups is 1. The van der Waals surface area contributed by atoms with Gasteiger partial charge in [-0.2, -0.15) is 0 Å². The molecule has 4 heteroatoms. The van der Waals surface area contributed by atoms with E-state index in [1.165, 1.54) is 17.3 Å². The highest BCUT2D eigenvalue weighted by atomic mass is 32.2. The highest BCUT2D eigenvalue weighted by molar-refractivity contribution is 8.00. The van der Waals surface area contributed by atoms with E-state index in [-0.39, 0.29) is 18.6 Å². The van der Waals surface area contributed by atoms with Crippen LogP contribution in [0.5, 0.6) is 0 Å². The molecule has 1 atom stereocenters. The van der Waals surface area contributed by atoms with E-state index < -0.39 is 0 Å². The minimum atomic E-state index is -0.350. The summed E-state index contributed by atoms with van der Waals surface area (Å²) in [6, 6.07) is 17.2. The Bertz CT molecular complexity index is 569. The molecule has 0 spiro atoms. The van der Waals surface area contributed by atoms with Crippen molar-refractivity contribution in [3.05, 3.63) is 65.7 Å². The van der Waals surface area contributed by atoms with Crippen LogP contribution in [-0.2, 0) is 4.79 Å². The molecule has 2 N–H and O–H groups in total. The molecule has 21 heavy (non-hydrogen) atoms. The van der Waals surface area contributed by atoms with Crippen molar-refractivity contribution >= 4 is 17.7 Å². The zero-order chi connectivity index (χ0) is 15.1. The number of rotatable bonds is 6. The van der Waals surface area contributed by atoms with Gasteiger partial charge in [0.2, 0.25) is 5.91 Å². The lowest BCUT2D eigenvalue weighted by Gasteiger charge is -2.16. The van der Waals surface area contributed by atoms with Gasteiger partial charge in [0, 0.05) is 4.90 Å². The summed E-state index contributed by atoms with van der Waals surface area (Å²) in [7, 11) is 0. The molecule has 0 aliphatic carbocycles. The fraction of sp³-hybridized carbons (Fsp3) is 0.235. The minimum Gasteiger partial charge on any atom is -0.394 e. The first-order chi connectivity index (χ1) is 10.2. The lowest BCUT2D eigenvalue weighted by Crippen LogP contribution is -2.32. The zero-order valence-electron chi connectivity index (χ0n) is 12.0. The highest BCUT2D eigenvalue weighted by Crippen LogP contribution is 2.18. The van der Waals surface area contributed by atoms with Gasteiger partial charge >= 0.3 is 0 Å². The Morgan fingerprint density at radius 3 is 2.43 bits per heavy atom. The molecule has 0 aromatic heterocycles. The topological polar surface area (TPSA) is 49.3 Å². The first-order valence-corrected chi connectivity index (χ1v) is 7.82. The van der Waals surface area contributed by atoms with E-state index in [0.717, 1.165) is 10.5 Å². The van der Waals surface area contributed by atoms with Crippen LogP contribution in [0, 0.1) is 6.92 Å². The summed E-state index contributed by atoms with van der Waals surface area (Å²) in [6.45, 7) is 1.93. The second kappa shape index (κ2) is 7.86. The normalized spacial score (nSPS) is 11.9. The molecule has 3 nitrogen and oxygen atoms in total. The van der Waals surface area contributed by atoms with Crippen LogP contribution in [0.4, 0.5) is 0 Å². The van der Waals surface area contributed by atoms with Crippen LogP contribution in [0.1, 0.15) is 17.2 Å². The van der Waals surface area contributed by atoms with Crippen LogP contribution in [0.3, 0.4) is 0 Å². The molecule has 1 amide bonds. The maximum Gasteiger partial charge on any atom is 0.230 e. The fourth-order valence-corrected chi connectivity index (χ4v) is 2.65. The van der Waals surface area contributed by atoms with Gasteiger partial charge in [-0.1, -0.05) is 48.0 Å². The Kier molecular flexibility index (Phi) is 5.84. The number of carbonyl (C=O) groups excluding carboxylic acids is 1. The van der Waals surface area contributed by atoms with Crippen LogP contribution in [0.2, 0.25) is 0 Å². The summed E-state index contributed by atoms with van der Waals surface area (Å²) in [5, 5.41) is 12.3. The third-order valence-corrected chi connectivity index (χ3v) is 4.12. The minimum absolute atomic E-state index is 0.0801. The van der Waals surface area contributed by atoms with Gasteiger partial charge in [-0.25, -0.2) is 0 Å². The average molecular weight is 301 g/mol. The van der Waals surface area contributed by atoms with Gasteiger partial charge in [-0.05, 0) is 24.6 Å². The fourth-order valence-electron chi connectivity index (χ4n) is 1.94. The van der Waals surface area contributed by atoms with Gasteiger partial charge in [0.1, 0.15) is 0 Å². The van der Waals surface area contributed by atoms with Crippen molar-refractivity contribution < 1.29 is 9.90 Å². The molecule has 0 unspecified atom stereocenters. The largest absolute Gasteiger partial charge is 0.394 e. The van der Waals surface area contributed by atoms with E-state index >= 15 is 0 Å². The number of nitrogens with one attached hydrogen (secondary N) is 1. The number of hydrogen-bond donors (Lipinski definition) is 2. The summed E-state index contributed by atoms with van der Waals surface area (Å²) < 4.78 is 0. The maximum absolute atomic E-state index is 12.0. The molecular weight excluding hydrogens is 282 g/mol. The van der Waals surface area contributed by atoms with E-state index in [4.69, 9.17) is 0 Å². The van der Waals surface area contributed by atoms with Crippen molar-refractivity contribution in [1.29, 1.82) is 0 Å². The summed E-state index contributed by atoms with van der Waals surface area (Å²) in [6.07, 6.45) is 0. The molecular formula is C17H19NO2S. The molecule has 0 saturated carbocycles. The lowest BCUT2D eigenvalue weighted by molar-refractivity contribution is -0.119. The number of amides is 1. The number of aliphatic hydroxyl groups excluding tert-OH is 1. The third kappa shape index (κ3) is 4.92. The molecule has 0 radical (unpaired) electrons. The van der Waals surface area contributed by atoms with Crippen LogP contribution >= 0.6 is 11.8 Å². The summed E-state index contributed by atoms with van der Waals surface area (Å²) >= 11 is 1.49. The number of benzene rings is 2. The van der Waals surface area contributed by atoms with Crippen molar-refractivity contribution in [3.8, 4) is 0 Å². The maximum atomic E-state index is 12.0. The van der Waals surface area contributed by atoms with Gasteiger partial charge in [0.25, 0.3) is 0 Å². The van der Waals surface area contributed by atoms with E-state index in [0.29, 0.717) is 5.75 Å². The van der Waals surface area contributed by atoms with E-state index in [1.807, 2.05) is 61.5 Å². The van der Waals surface area contributed by atoms with Crippen molar-refractivity contribution in [2.24, 2.45) is 0 Å². The predicted molar refractivity (Wildman–Crippen MR) is 86.3 cm³/mol. The number of aliphatic hydroxyl groups is 1. The SMILES string of the molecule is Cc1ccc(SCC(=O)N[C@H](CO)c2ccccc2)cc1. The number of aryl methyl sites for hydroxylation is 1. The first kappa shape index (κ1) is 15.6. The Labute approximate surface area is 129 Å². The van der Waals surface area contributed by atoms with Gasteiger partial charge in [-0.3, -0.25) is 4.79 Å². The molecule has 0 saturated heterocycles. The third-order valence-electron chi connectivity index (χ3n) is 3.11. The van der Waals surface area contributed by atoms with Gasteiger partial charge in [0.05, 0.1) is 18.4 Å². The van der Waals surface area contributed by atoms with E-state index in [9.17, 15) is 9.90 Å². The molecule has 0 bridgehead atoms. The summed E-state index contributed by atoms with van der Waals surface area (Å²) in [5.41, 5.74) is 2.11. The molecule has 0 fully saturated rings. The molecule has 0 aliphatic rings. The lowest BCUT2D eigenvalue weighted by atomic mass is 10.1. The summed E-state index contributed by atoms with van der Waals surface area (Å²) in [4.78, 5) is 13.0. The second-order valence-corrected chi connectivity index (χ2v) is 5.86. The number of carbonyl (C=O) groups is 1. The molecule has 0 heterocycles. The van der Waals surface area contributed by atoms with Crippen molar-refractivity contribution in [1.82, 2.24) is 5.32 Å². The highest BCUT2D eigenvalue weighted by Gasteiger charge is 2.13. The second-order valence-electron chi connectivity index (χ2n) is 4.82. The van der Waals surface area contributed by atoms with Crippen LogP contribution in [-0.4, -0.2) is 23.4 Å². The summed E-state index contributed by atoms with van der Waals surface area (Å²) in [5.74, 6) is 0.260. The molecule has 2 rings (SSSR count). The smallest absolute Gasteiger partial charge is 0.230 e. The quantitative estimate of drug-likeness (QED) is 0.807. The first-order valence-electron chi connectivity index (χ1n) is 6.83. The van der Waals surface area contributed by atoms with Crippen LogP contribution in [0.15, 0.2) is 59.5 Å². The Morgan fingerprint density at radius 1 is 1.14 bits per heavy atom. The molecule has 0 aliphatic heterocycles. The standard InChI is InChI=1S/C17H19NO2S/c1-13-7-9-15(10-8-13)21-12-17(20)18-16(11-19)14-5-3-2-4-6-14/h2-10,16,19H,11-12H2,1H3,(H,18,20)/t16-/m1/s1. The molecule has 2 aromatic carbocycles. The predicted octanol–water partition coefficient (Wildman–Crippen LogP) is 2.94. The van der Waals surface area contributed by atoms with E-state index in [2.05, 4.69) is 5.32 Å². The van der Waals surface area contributed by atoms with Gasteiger partial charge < -0.3 is 10.4 Å². The molecule has 110 valence electrons. The van der Waals surface area contributed by atoms with Crippen LogP contribution in [0.25, 0.3) is 0 Å². The Balaban J connectivity index is 1.87. The van der Waals surface area contributed by atoms with Crippen LogP contribution < -0.4 is 5.32 Å². The molecule has 2 aromatic rings. The Morgan fingerprint density at radius 2 is 1.81 bits per heavy atom.